The van der Waals surface area contributed by atoms with Crippen molar-refractivity contribution in [3.05, 3.63) is 65.6 Å². The summed E-state index contributed by atoms with van der Waals surface area (Å²) in [5, 5.41) is 4.78. The van der Waals surface area contributed by atoms with Gasteiger partial charge in [0.05, 0.1) is 23.9 Å². The van der Waals surface area contributed by atoms with Crippen LogP contribution in [0.4, 0.5) is 0 Å². The first-order valence-corrected chi connectivity index (χ1v) is 7.97. The van der Waals surface area contributed by atoms with E-state index in [1.807, 2.05) is 31.3 Å². The van der Waals surface area contributed by atoms with Crippen LogP contribution in [-0.4, -0.2) is 16.6 Å². The molecule has 1 unspecified atom stereocenters. The van der Waals surface area contributed by atoms with Gasteiger partial charge in [-0.2, -0.15) is 0 Å². The van der Waals surface area contributed by atoms with E-state index in [-0.39, 0.29) is 6.04 Å². The van der Waals surface area contributed by atoms with Crippen molar-refractivity contribution in [2.75, 3.05) is 6.61 Å². The zero-order chi connectivity index (χ0) is 15.6. The second kappa shape index (κ2) is 5.97. The van der Waals surface area contributed by atoms with Gasteiger partial charge in [0.1, 0.15) is 5.75 Å². The van der Waals surface area contributed by atoms with Gasteiger partial charge in [0.15, 0.2) is 0 Å². The van der Waals surface area contributed by atoms with E-state index in [9.17, 15) is 0 Å². The van der Waals surface area contributed by atoms with Crippen LogP contribution in [0.15, 0.2) is 48.7 Å². The number of rotatable bonds is 3. The lowest BCUT2D eigenvalue weighted by molar-refractivity contribution is 0.247. The molecule has 1 atom stereocenters. The van der Waals surface area contributed by atoms with Gasteiger partial charge in [0.2, 0.25) is 0 Å². The third-order valence-electron chi connectivity index (χ3n) is 4.24. The summed E-state index contributed by atoms with van der Waals surface area (Å²) in [5.41, 5.74) is 4.34. The molecule has 116 valence electrons. The van der Waals surface area contributed by atoms with E-state index in [4.69, 9.17) is 4.74 Å². The molecular formula is C19H19N3O. The highest BCUT2D eigenvalue weighted by molar-refractivity contribution is 5.79. The third kappa shape index (κ3) is 2.90. The zero-order valence-electron chi connectivity index (χ0n) is 13.1. The van der Waals surface area contributed by atoms with Crippen molar-refractivity contribution >= 4 is 10.9 Å². The molecule has 1 aromatic carbocycles. The molecule has 0 fully saturated rings. The highest BCUT2D eigenvalue weighted by atomic mass is 16.5. The summed E-state index contributed by atoms with van der Waals surface area (Å²) in [4.78, 5) is 9.08. The Morgan fingerprint density at radius 1 is 1.22 bits per heavy atom. The molecule has 0 amide bonds. The second-order valence-electron chi connectivity index (χ2n) is 5.94. The van der Waals surface area contributed by atoms with Crippen LogP contribution in [0.1, 0.15) is 29.4 Å². The minimum Gasteiger partial charge on any atom is -0.492 e. The van der Waals surface area contributed by atoms with Crippen LogP contribution in [0.2, 0.25) is 0 Å². The summed E-state index contributed by atoms with van der Waals surface area (Å²) in [6.45, 7) is 3.55. The van der Waals surface area contributed by atoms with Gasteiger partial charge in [-0.15, -0.1) is 0 Å². The number of nitrogens with zero attached hydrogens (tertiary/aromatic N) is 2. The van der Waals surface area contributed by atoms with Crippen LogP contribution in [0.5, 0.6) is 5.75 Å². The number of hydrogen-bond donors (Lipinski definition) is 1. The summed E-state index contributed by atoms with van der Waals surface area (Å²) in [5.74, 6) is 0.895. The Morgan fingerprint density at radius 3 is 3.09 bits per heavy atom. The Labute approximate surface area is 135 Å². The number of nitrogens with one attached hydrogen (secondary N) is 1. The Balaban J connectivity index is 1.53. The maximum absolute atomic E-state index is 5.66. The summed E-state index contributed by atoms with van der Waals surface area (Å²) in [6, 6.07) is 14.8. The van der Waals surface area contributed by atoms with Crippen molar-refractivity contribution in [3.63, 3.8) is 0 Å². The molecule has 1 aliphatic rings. The van der Waals surface area contributed by atoms with Crippen LogP contribution in [0, 0.1) is 6.92 Å². The molecule has 1 aliphatic heterocycles. The minimum atomic E-state index is 0.237. The molecular weight excluding hydrogens is 286 g/mol. The van der Waals surface area contributed by atoms with E-state index in [1.54, 1.807) is 0 Å². The van der Waals surface area contributed by atoms with Crippen molar-refractivity contribution in [2.24, 2.45) is 0 Å². The van der Waals surface area contributed by atoms with Crippen LogP contribution in [-0.2, 0) is 6.54 Å². The molecule has 0 aliphatic carbocycles. The van der Waals surface area contributed by atoms with Gasteiger partial charge in [-0.05, 0) is 36.8 Å². The average Bonchev–Trinajstić information content (AvgIpc) is 2.59. The first kappa shape index (κ1) is 14.2. The first-order valence-electron chi connectivity index (χ1n) is 7.97. The van der Waals surface area contributed by atoms with Crippen molar-refractivity contribution in [2.45, 2.75) is 25.9 Å². The Bertz CT molecular complexity index is 847. The summed E-state index contributed by atoms with van der Waals surface area (Å²) in [6.07, 6.45) is 2.76. The highest BCUT2D eigenvalue weighted by Gasteiger charge is 2.21. The van der Waals surface area contributed by atoms with Crippen LogP contribution in [0.3, 0.4) is 0 Å². The van der Waals surface area contributed by atoms with E-state index >= 15 is 0 Å². The van der Waals surface area contributed by atoms with Crippen LogP contribution >= 0.6 is 0 Å². The molecule has 3 heterocycles. The minimum absolute atomic E-state index is 0.237. The Hall–Kier alpha value is -2.46. The van der Waals surface area contributed by atoms with E-state index < -0.39 is 0 Å². The van der Waals surface area contributed by atoms with Gasteiger partial charge in [-0.3, -0.25) is 9.97 Å². The van der Waals surface area contributed by atoms with Crippen molar-refractivity contribution in [1.29, 1.82) is 0 Å². The lowest BCUT2D eigenvalue weighted by atomic mass is 10.1. The first-order chi connectivity index (χ1) is 11.3. The number of aryl methyl sites for hydroxylation is 1. The average molecular weight is 305 g/mol. The van der Waals surface area contributed by atoms with Crippen LogP contribution in [0.25, 0.3) is 10.9 Å². The Morgan fingerprint density at radius 2 is 2.13 bits per heavy atom. The van der Waals surface area contributed by atoms with Gasteiger partial charge >= 0.3 is 0 Å². The van der Waals surface area contributed by atoms with Crippen LogP contribution < -0.4 is 10.1 Å². The normalized spacial score (nSPS) is 16.8. The molecule has 0 spiro atoms. The van der Waals surface area contributed by atoms with E-state index in [2.05, 4.69) is 39.6 Å². The van der Waals surface area contributed by atoms with Crippen molar-refractivity contribution < 1.29 is 4.74 Å². The third-order valence-corrected chi connectivity index (χ3v) is 4.24. The molecule has 2 aromatic heterocycles. The largest absolute Gasteiger partial charge is 0.492 e. The molecule has 0 saturated heterocycles. The maximum atomic E-state index is 5.66. The number of pyridine rings is 2. The molecule has 1 N–H and O–H groups in total. The number of hydrogen-bond acceptors (Lipinski definition) is 4. The van der Waals surface area contributed by atoms with E-state index in [0.717, 1.165) is 42.2 Å². The topological polar surface area (TPSA) is 47.0 Å². The van der Waals surface area contributed by atoms with Gasteiger partial charge in [-0.25, -0.2) is 0 Å². The fraction of sp³-hybridized carbons (Fsp3) is 0.263. The van der Waals surface area contributed by atoms with Gasteiger partial charge in [-0.1, -0.05) is 18.2 Å². The molecule has 23 heavy (non-hydrogen) atoms. The lowest BCUT2D eigenvalue weighted by Gasteiger charge is -2.25. The SMILES string of the molecule is Cc1ccc2ccc(CNC3CCOc4cccnc43)cc2n1. The fourth-order valence-electron chi connectivity index (χ4n) is 3.02. The quantitative estimate of drug-likeness (QED) is 0.804. The zero-order valence-corrected chi connectivity index (χ0v) is 13.1. The smallest absolute Gasteiger partial charge is 0.142 e. The highest BCUT2D eigenvalue weighted by Crippen LogP contribution is 2.29. The summed E-state index contributed by atoms with van der Waals surface area (Å²) in [7, 11) is 0. The summed E-state index contributed by atoms with van der Waals surface area (Å²) >= 11 is 0. The number of aromatic nitrogens is 2. The Kier molecular flexibility index (Phi) is 3.67. The molecule has 4 heteroatoms. The molecule has 3 aromatic rings. The molecule has 4 nitrogen and oxygen atoms in total. The van der Waals surface area contributed by atoms with Gasteiger partial charge in [0, 0.05) is 30.2 Å². The van der Waals surface area contributed by atoms with E-state index in [0.29, 0.717) is 0 Å². The molecule has 4 rings (SSSR count). The van der Waals surface area contributed by atoms with Gasteiger partial charge < -0.3 is 10.1 Å². The monoisotopic (exact) mass is 305 g/mol. The lowest BCUT2D eigenvalue weighted by Crippen LogP contribution is -2.27. The predicted octanol–water partition coefficient (Wildman–Crippen LogP) is 3.55. The fourth-order valence-corrected chi connectivity index (χ4v) is 3.02. The standard InChI is InChI=1S/C19H19N3O/c1-13-4-6-15-7-5-14(11-17(15)22-13)12-21-16-8-10-23-18-3-2-9-20-19(16)18/h2-7,9,11,16,21H,8,10,12H2,1H3. The molecule has 0 bridgehead atoms. The number of ether oxygens (including phenoxy) is 1. The van der Waals surface area contributed by atoms with Crippen molar-refractivity contribution in [1.82, 2.24) is 15.3 Å². The second-order valence-corrected chi connectivity index (χ2v) is 5.94. The van der Waals surface area contributed by atoms with Crippen molar-refractivity contribution in [3.8, 4) is 5.75 Å². The predicted molar refractivity (Wildman–Crippen MR) is 90.4 cm³/mol. The maximum Gasteiger partial charge on any atom is 0.142 e. The van der Waals surface area contributed by atoms with Gasteiger partial charge in [0.25, 0.3) is 0 Å². The number of fused-ring (bicyclic) bond motifs is 2. The van der Waals surface area contributed by atoms with E-state index in [1.165, 1.54) is 10.9 Å². The molecule has 0 saturated carbocycles. The number of benzene rings is 1. The molecule has 0 radical (unpaired) electrons. The summed E-state index contributed by atoms with van der Waals surface area (Å²) < 4.78 is 5.66.